The predicted octanol–water partition coefficient (Wildman–Crippen LogP) is 3.61. The highest BCUT2D eigenvalue weighted by molar-refractivity contribution is 5.94. The van der Waals surface area contributed by atoms with Gasteiger partial charge in [0.05, 0.1) is 19.3 Å². The minimum Gasteiger partial charge on any atom is -0.374 e. The zero-order chi connectivity index (χ0) is 22.6. The predicted molar refractivity (Wildman–Crippen MR) is 127 cm³/mol. The van der Waals surface area contributed by atoms with E-state index in [4.69, 9.17) is 9.73 Å². The van der Waals surface area contributed by atoms with Crippen LogP contribution >= 0.6 is 0 Å². The summed E-state index contributed by atoms with van der Waals surface area (Å²) in [4.78, 5) is 18.4. The van der Waals surface area contributed by atoms with Crippen LogP contribution in [0.15, 0.2) is 53.5 Å². The molecule has 0 radical (unpaired) electrons. The van der Waals surface area contributed by atoms with E-state index in [1.54, 1.807) is 19.0 Å². The molecule has 0 aliphatic rings. The molecule has 0 saturated heterocycles. The average Bonchev–Trinajstić information content (AvgIpc) is 2.76. The summed E-state index contributed by atoms with van der Waals surface area (Å²) in [5.74, 6) is 0.807. The van der Waals surface area contributed by atoms with Crippen LogP contribution in [0.5, 0.6) is 0 Å². The summed E-state index contributed by atoms with van der Waals surface area (Å²) in [5, 5.41) is 6.66. The molecule has 0 bridgehead atoms. The monoisotopic (exact) mass is 424 g/mol. The molecule has 2 aromatic carbocycles. The third-order valence-corrected chi connectivity index (χ3v) is 4.66. The maximum atomic E-state index is 12.1. The summed E-state index contributed by atoms with van der Waals surface area (Å²) in [6.07, 6.45) is 1.04. The van der Waals surface area contributed by atoms with E-state index in [1.807, 2.05) is 38.1 Å². The normalized spacial score (nSPS) is 11.5. The number of benzene rings is 2. The van der Waals surface area contributed by atoms with Gasteiger partial charge in [-0.3, -0.25) is 4.79 Å². The summed E-state index contributed by atoms with van der Waals surface area (Å²) in [5.41, 5.74) is 4.16. The van der Waals surface area contributed by atoms with E-state index in [2.05, 4.69) is 41.8 Å². The first kappa shape index (κ1) is 24.4. The Morgan fingerprint density at radius 1 is 1.03 bits per heavy atom. The lowest BCUT2D eigenvalue weighted by atomic mass is 10.1. The highest BCUT2D eigenvalue weighted by Crippen LogP contribution is 2.09. The van der Waals surface area contributed by atoms with Crippen molar-refractivity contribution in [3.8, 4) is 0 Å². The van der Waals surface area contributed by atoms with Crippen LogP contribution in [0.2, 0.25) is 0 Å². The number of carbonyl (C=O) groups excluding carboxylic acids is 1. The fraction of sp³-hybridized carbons (Fsp3) is 0.440. The van der Waals surface area contributed by atoms with Crippen molar-refractivity contribution in [3.05, 3.63) is 70.8 Å². The van der Waals surface area contributed by atoms with Gasteiger partial charge in [0.25, 0.3) is 5.91 Å². The number of ether oxygens (including phenoxy) is 1. The molecule has 0 saturated carbocycles. The molecule has 168 valence electrons. The molecule has 1 amide bonds. The number of guanidine groups is 1. The van der Waals surface area contributed by atoms with Gasteiger partial charge < -0.3 is 20.3 Å². The smallest absolute Gasteiger partial charge is 0.253 e. The molecule has 31 heavy (non-hydrogen) atoms. The van der Waals surface area contributed by atoms with Gasteiger partial charge in [-0.1, -0.05) is 36.4 Å². The van der Waals surface area contributed by atoms with Crippen LogP contribution in [0.1, 0.15) is 47.8 Å². The number of rotatable bonds is 10. The fourth-order valence-corrected chi connectivity index (χ4v) is 2.96. The van der Waals surface area contributed by atoms with E-state index in [1.165, 1.54) is 5.56 Å². The number of nitrogens with zero attached hydrogens (tertiary/aromatic N) is 2. The Kier molecular flexibility index (Phi) is 10.0. The Bertz CT molecular complexity index is 845. The van der Waals surface area contributed by atoms with Gasteiger partial charge in [-0.05, 0) is 56.0 Å². The molecule has 0 heterocycles. The minimum atomic E-state index is 0.0199. The van der Waals surface area contributed by atoms with Gasteiger partial charge >= 0.3 is 0 Å². The molecule has 0 aromatic heterocycles. The number of carbonyl (C=O) groups is 1. The zero-order valence-corrected chi connectivity index (χ0v) is 19.4. The molecule has 6 heteroatoms. The molecular formula is C25H36N4O2. The van der Waals surface area contributed by atoms with Crippen LogP contribution in [0, 0.1) is 0 Å². The van der Waals surface area contributed by atoms with Gasteiger partial charge in [0.1, 0.15) is 0 Å². The van der Waals surface area contributed by atoms with E-state index in [0.717, 1.165) is 36.6 Å². The van der Waals surface area contributed by atoms with Crippen LogP contribution in [0.4, 0.5) is 0 Å². The fourth-order valence-electron chi connectivity index (χ4n) is 2.96. The molecule has 0 fully saturated rings. The average molecular weight is 425 g/mol. The maximum absolute atomic E-state index is 12.1. The first-order valence-electron chi connectivity index (χ1n) is 10.9. The van der Waals surface area contributed by atoms with Gasteiger partial charge in [-0.25, -0.2) is 4.99 Å². The highest BCUT2D eigenvalue weighted by atomic mass is 16.5. The maximum Gasteiger partial charge on any atom is 0.253 e. The molecule has 0 atom stereocenters. The number of hydrogen-bond donors (Lipinski definition) is 2. The summed E-state index contributed by atoms with van der Waals surface area (Å²) < 4.78 is 5.64. The van der Waals surface area contributed by atoms with Crippen molar-refractivity contribution < 1.29 is 9.53 Å². The Morgan fingerprint density at radius 2 is 1.74 bits per heavy atom. The Labute approximate surface area is 186 Å². The SMILES string of the molecule is CCNC(=NCc1ccc(COC(C)C)cc1)NCCc1cccc(C(=O)N(C)C)c1. The van der Waals surface area contributed by atoms with Crippen LogP contribution < -0.4 is 10.6 Å². The summed E-state index contributed by atoms with van der Waals surface area (Å²) in [6.45, 7) is 8.90. The van der Waals surface area contributed by atoms with Crippen molar-refractivity contribution in [2.45, 2.75) is 46.4 Å². The molecule has 0 aliphatic heterocycles. The van der Waals surface area contributed by atoms with Crippen molar-refractivity contribution in [1.82, 2.24) is 15.5 Å². The lowest BCUT2D eigenvalue weighted by molar-refractivity contribution is 0.0657. The largest absolute Gasteiger partial charge is 0.374 e. The Morgan fingerprint density at radius 3 is 2.39 bits per heavy atom. The second-order valence-corrected chi connectivity index (χ2v) is 7.95. The molecule has 0 aliphatic carbocycles. The van der Waals surface area contributed by atoms with Crippen molar-refractivity contribution in [1.29, 1.82) is 0 Å². The second kappa shape index (κ2) is 12.7. The number of hydrogen-bond acceptors (Lipinski definition) is 3. The lowest BCUT2D eigenvalue weighted by Crippen LogP contribution is -2.38. The van der Waals surface area contributed by atoms with Crippen molar-refractivity contribution >= 4 is 11.9 Å². The van der Waals surface area contributed by atoms with E-state index in [9.17, 15) is 4.79 Å². The van der Waals surface area contributed by atoms with Crippen LogP contribution in [-0.4, -0.2) is 50.1 Å². The minimum absolute atomic E-state index is 0.0199. The standard InChI is InChI=1S/C25H36N4O2/c1-6-26-25(28-17-21-10-12-22(13-11-21)18-31-19(2)3)27-15-14-20-8-7-9-23(16-20)24(30)29(4)5/h7-13,16,19H,6,14-15,17-18H2,1-5H3,(H2,26,27,28). The quantitative estimate of drug-likeness (QED) is 0.452. The van der Waals surface area contributed by atoms with Crippen molar-refractivity contribution in [3.63, 3.8) is 0 Å². The van der Waals surface area contributed by atoms with Gasteiger partial charge in [0, 0.05) is 32.7 Å². The summed E-state index contributed by atoms with van der Waals surface area (Å²) in [6, 6.07) is 16.2. The summed E-state index contributed by atoms with van der Waals surface area (Å²) in [7, 11) is 3.53. The topological polar surface area (TPSA) is 66.0 Å². The molecule has 0 unspecified atom stereocenters. The highest BCUT2D eigenvalue weighted by Gasteiger charge is 2.08. The zero-order valence-electron chi connectivity index (χ0n) is 19.4. The van der Waals surface area contributed by atoms with Gasteiger partial charge in [0.15, 0.2) is 5.96 Å². The molecule has 6 nitrogen and oxygen atoms in total. The van der Waals surface area contributed by atoms with Crippen LogP contribution in [0.25, 0.3) is 0 Å². The Balaban J connectivity index is 1.89. The summed E-state index contributed by atoms with van der Waals surface area (Å²) >= 11 is 0. The molecule has 2 rings (SSSR count). The first-order chi connectivity index (χ1) is 14.9. The third kappa shape index (κ3) is 8.80. The lowest BCUT2D eigenvalue weighted by Gasteiger charge is -2.13. The van der Waals surface area contributed by atoms with Crippen LogP contribution in [0.3, 0.4) is 0 Å². The van der Waals surface area contributed by atoms with E-state index >= 15 is 0 Å². The molecule has 0 spiro atoms. The molecule has 2 aromatic rings. The van der Waals surface area contributed by atoms with E-state index < -0.39 is 0 Å². The third-order valence-electron chi connectivity index (χ3n) is 4.66. The van der Waals surface area contributed by atoms with Gasteiger partial charge in [-0.2, -0.15) is 0 Å². The molecular weight excluding hydrogens is 388 g/mol. The number of amides is 1. The Hall–Kier alpha value is -2.86. The van der Waals surface area contributed by atoms with E-state index in [-0.39, 0.29) is 12.0 Å². The van der Waals surface area contributed by atoms with Crippen LogP contribution in [-0.2, 0) is 24.3 Å². The van der Waals surface area contributed by atoms with Gasteiger partial charge in [-0.15, -0.1) is 0 Å². The number of aliphatic imine (C=N–C) groups is 1. The van der Waals surface area contributed by atoms with Crippen molar-refractivity contribution in [2.75, 3.05) is 27.2 Å². The van der Waals surface area contributed by atoms with Gasteiger partial charge in [0.2, 0.25) is 0 Å². The second-order valence-electron chi connectivity index (χ2n) is 7.95. The molecule has 2 N–H and O–H groups in total. The number of nitrogens with one attached hydrogen (secondary N) is 2. The van der Waals surface area contributed by atoms with Crippen molar-refractivity contribution in [2.24, 2.45) is 4.99 Å². The van der Waals surface area contributed by atoms with E-state index in [0.29, 0.717) is 18.7 Å². The first-order valence-corrected chi connectivity index (χ1v) is 10.9.